The Hall–Kier alpha value is -1.06. The Bertz CT molecular complexity index is 557. The molecule has 0 saturated carbocycles. The number of hydrogen-bond donors (Lipinski definition) is 1. The molecule has 0 fully saturated rings. The van der Waals surface area contributed by atoms with Crippen molar-refractivity contribution < 1.29 is 4.39 Å². The van der Waals surface area contributed by atoms with E-state index in [2.05, 4.69) is 28.2 Å². The molecular formula is C15H14BrClFN. The lowest BCUT2D eigenvalue weighted by molar-refractivity contribution is 0.625. The standard InChI is InChI=1S/C15H14BrClFN/c1-2-14(10-3-6-12(18)7-4-10)19-15-9-11(16)5-8-13(15)17/h3-9,14,19H,2H2,1H3. The van der Waals surface area contributed by atoms with Gasteiger partial charge in [-0.25, -0.2) is 4.39 Å². The van der Waals surface area contributed by atoms with E-state index in [1.165, 1.54) is 12.1 Å². The maximum absolute atomic E-state index is 13.0. The lowest BCUT2D eigenvalue weighted by atomic mass is 10.0. The van der Waals surface area contributed by atoms with E-state index in [1.807, 2.05) is 18.2 Å². The van der Waals surface area contributed by atoms with Gasteiger partial charge in [0.05, 0.1) is 16.8 Å². The van der Waals surface area contributed by atoms with Gasteiger partial charge in [-0.1, -0.05) is 46.6 Å². The minimum absolute atomic E-state index is 0.104. The summed E-state index contributed by atoms with van der Waals surface area (Å²) in [7, 11) is 0. The third-order valence-electron chi connectivity index (χ3n) is 2.94. The second-order valence-corrected chi connectivity index (χ2v) is 5.60. The summed E-state index contributed by atoms with van der Waals surface area (Å²) >= 11 is 9.59. The van der Waals surface area contributed by atoms with Crippen molar-refractivity contribution in [1.82, 2.24) is 0 Å². The minimum atomic E-state index is -0.223. The van der Waals surface area contributed by atoms with Crippen molar-refractivity contribution in [3.8, 4) is 0 Å². The van der Waals surface area contributed by atoms with Crippen LogP contribution in [0.1, 0.15) is 24.9 Å². The molecule has 0 amide bonds. The topological polar surface area (TPSA) is 12.0 Å². The molecule has 0 bridgehead atoms. The molecule has 2 rings (SSSR count). The summed E-state index contributed by atoms with van der Waals surface area (Å²) in [6.45, 7) is 2.08. The molecule has 1 nitrogen and oxygen atoms in total. The number of nitrogens with one attached hydrogen (secondary N) is 1. The molecule has 100 valence electrons. The van der Waals surface area contributed by atoms with Crippen molar-refractivity contribution >= 4 is 33.2 Å². The zero-order chi connectivity index (χ0) is 13.8. The zero-order valence-electron chi connectivity index (χ0n) is 10.5. The molecule has 0 aliphatic heterocycles. The number of hydrogen-bond acceptors (Lipinski definition) is 1. The van der Waals surface area contributed by atoms with Gasteiger partial charge in [-0.05, 0) is 42.3 Å². The number of halogens is 3. The van der Waals surface area contributed by atoms with Crippen molar-refractivity contribution in [1.29, 1.82) is 0 Å². The van der Waals surface area contributed by atoms with Gasteiger partial charge >= 0.3 is 0 Å². The largest absolute Gasteiger partial charge is 0.377 e. The maximum Gasteiger partial charge on any atom is 0.123 e. The monoisotopic (exact) mass is 341 g/mol. The van der Waals surface area contributed by atoms with Crippen LogP contribution >= 0.6 is 27.5 Å². The molecule has 0 spiro atoms. The van der Waals surface area contributed by atoms with Gasteiger partial charge in [0.15, 0.2) is 0 Å². The molecule has 2 aromatic rings. The second kappa shape index (κ2) is 6.40. The zero-order valence-corrected chi connectivity index (χ0v) is 12.8. The quantitative estimate of drug-likeness (QED) is 0.740. The Labute approximate surface area is 125 Å². The molecular weight excluding hydrogens is 329 g/mol. The fourth-order valence-corrected chi connectivity index (χ4v) is 2.45. The van der Waals surface area contributed by atoms with E-state index >= 15 is 0 Å². The van der Waals surface area contributed by atoms with E-state index < -0.39 is 0 Å². The highest BCUT2D eigenvalue weighted by Gasteiger charge is 2.11. The Kier molecular flexibility index (Phi) is 4.83. The van der Waals surface area contributed by atoms with Crippen LogP contribution in [-0.2, 0) is 0 Å². The van der Waals surface area contributed by atoms with Gasteiger partial charge in [0.1, 0.15) is 5.82 Å². The van der Waals surface area contributed by atoms with Crippen LogP contribution in [0.3, 0.4) is 0 Å². The lowest BCUT2D eigenvalue weighted by Crippen LogP contribution is -2.10. The number of anilines is 1. The van der Waals surface area contributed by atoms with E-state index in [4.69, 9.17) is 11.6 Å². The molecule has 0 aliphatic carbocycles. The van der Waals surface area contributed by atoms with Gasteiger partial charge in [0.25, 0.3) is 0 Å². The highest BCUT2D eigenvalue weighted by Crippen LogP contribution is 2.30. The molecule has 0 radical (unpaired) electrons. The van der Waals surface area contributed by atoms with Gasteiger partial charge in [-0.15, -0.1) is 0 Å². The number of benzene rings is 2. The van der Waals surface area contributed by atoms with Crippen LogP contribution in [0.5, 0.6) is 0 Å². The second-order valence-electron chi connectivity index (χ2n) is 4.28. The van der Waals surface area contributed by atoms with E-state index in [0.717, 1.165) is 22.1 Å². The van der Waals surface area contributed by atoms with E-state index in [-0.39, 0.29) is 11.9 Å². The minimum Gasteiger partial charge on any atom is -0.377 e. The van der Waals surface area contributed by atoms with Gasteiger partial charge in [0.2, 0.25) is 0 Å². The van der Waals surface area contributed by atoms with E-state index in [0.29, 0.717) is 5.02 Å². The molecule has 0 saturated heterocycles. The van der Waals surface area contributed by atoms with Crippen molar-refractivity contribution in [2.75, 3.05) is 5.32 Å². The molecule has 0 aromatic heterocycles. The molecule has 0 heterocycles. The molecule has 4 heteroatoms. The highest BCUT2D eigenvalue weighted by molar-refractivity contribution is 9.10. The average Bonchev–Trinajstić information content (AvgIpc) is 2.41. The smallest absolute Gasteiger partial charge is 0.123 e. The summed E-state index contributed by atoms with van der Waals surface area (Å²) in [5, 5.41) is 4.06. The van der Waals surface area contributed by atoms with Crippen molar-refractivity contribution in [3.63, 3.8) is 0 Å². The first kappa shape index (κ1) is 14.4. The average molecular weight is 343 g/mol. The molecule has 2 aromatic carbocycles. The van der Waals surface area contributed by atoms with Gasteiger partial charge in [-0.2, -0.15) is 0 Å². The molecule has 1 atom stereocenters. The SMILES string of the molecule is CCC(Nc1cc(Br)ccc1Cl)c1ccc(F)cc1. The summed E-state index contributed by atoms with van der Waals surface area (Å²) in [4.78, 5) is 0. The predicted molar refractivity (Wildman–Crippen MR) is 82.2 cm³/mol. The van der Waals surface area contributed by atoms with Crippen LogP contribution in [0.2, 0.25) is 5.02 Å². The third-order valence-corrected chi connectivity index (χ3v) is 3.76. The maximum atomic E-state index is 13.0. The van der Waals surface area contributed by atoms with Gasteiger partial charge in [-0.3, -0.25) is 0 Å². The number of rotatable bonds is 4. The van der Waals surface area contributed by atoms with Gasteiger partial charge in [0, 0.05) is 4.47 Å². The Morgan fingerprint density at radius 3 is 2.53 bits per heavy atom. The van der Waals surface area contributed by atoms with Crippen LogP contribution in [0.4, 0.5) is 10.1 Å². The van der Waals surface area contributed by atoms with Crippen molar-refractivity contribution in [2.45, 2.75) is 19.4 Å². The molecule has 1 unspecified atom stereocenters. The first-order valence-electron chi connectivity index (χ1n) is 6.07. The van der Waals surface area contributed by atoms with E-state index in [1.54, 1.807) is 12.1 Å². The Morgan fingerprint density at radius 1 is 1.21 bits per heavy atom. The third kappa shape index (κ3) is 3.71. The van der Waals surface area contributed by atoms with Crippen LogP contribution in [-0.4, -0.2) is 0 Å². The lowest BCUT2D eigenvalue weighted by Gasteiger charge is -2.20. The fourth-order valence-electron chi connectivity index (χ4n) is 1.91. The molecule has 1 N–H and O–H groups in total. The summed E-state index contributed by atoms with van der Waals surface area (Å²) in [6, 6.07) is 12.3. The fraction of sp³-hybridized carbons (Fsp3) is 0.200. The van der Waals surface area contributed by atoms with Crippen molar-refractivity contribution in [2.24, 2.45) is 0 Å². The van der Waals surface area contributed by atoms with Crippen LogP contribution < -0.4 is 5.32 Å². The molecule has 0 aliphatic rings. The molecule has 19 heavy (non-hydrogen) atoms. The Balaban J connectivity index is 2.23. The van der Waals surface area contributed by atoms with E-state index in [9.17, 15) is 4.39 Å². The summed E-state index contributed by atoms with van der Waals surface area (Å²) < 4.78 is 13.9. The van der Waals surface area contributed by atoms with Gasteiger partial charge < -0.3 is 5.32 Å². The normalized spacial score (nSPS) is 12.2. The van der Waals surface area contributed by atoms with Crippen molar-refractivity contribution in [3.05, 3.63) is 63.3 Å². The summed E-state index contributed by atoms with van der Waals surface area (Å²) in [5.74, 6) is -0.223. The Morgan fingerprint density at radius 2 is 1.89 bits per heavy atom. The summed E-state index contributed by atoms with van der Waals surface area (Å²) in [5.41, 5.74) is 1.91. The first-order valence-corrected chi connectivity index (χ1v) is 7.24. The van der Waals surface area contributed by atoms with Crippen LogP contribution in [0.15, 0.2) is 46.9 Å². The first-order chi connectivity index (χ1) is 9.10. The highest BCUT2D eigenvalue weighted by atomic mass is 79.9. The summed E-state index contributed by atoms with van der Waals surface area (Å²) in [6.07, 6.45) is 0.883. The van der Waals surface area contributed by atoms with Crippen LogP contribution in [0.25, 0.3) is 0 Å². The predicted octanol–water partition coefficient (Wildman–Crippen LogP) is 5.80. The van der Waals surface area contributed by atoms with Crippen LogP contribution in [0, 0.1) is 5.82 Å².